The zero-order valence-electron chi connectivity index (χ0n) is 16.2. The van der Waals surface area contributed by atoms with Crippen LogP contribution in [0, 0.1) is 13.8 Å². The van der Waals surface area contributed by atoms with Crippen molar-refractivity contribution < 1.29 is 13.1 Å². The fourth-order valence-corrected chi connectivity index (χ4v) is 4.69. The summed E-state index contributed by atoms with van der Waals surface area (Å²) in [6.07, 6.45) is 5.13. The van der Waals surface area contributed by atoms with Crippen LogP contribution in [0.4, 0.5) is 8.63 Å². The summed E-state index contributed by atoms with van der Waals surface area (Å²) in [5, 5.41) is 0. The third-order valence-electron chi connectivity index (χ3n) is 5.69. The lowest BCUT2D eigenvalue weighted by atomic mass is 9.83. The Bertz CT molecular complexity index is 1280. The van der Waals surface area contributed by atoms with Gasteiger partial charge in [-0.05, 0) is 55.8 Å². The molecule has 0 N–H and O–H groups in total. The van der Waals surface area contributed by atoms with Crippen LogP contribution in [0.3, 0.4) is 0 Å². The second-order valence-corrected chi connectivity index (χ2v) is 7.60. The number of aryl methyl sites for hydroxylation is 2. The maximum atomic E-state index is 15.6. The number of aromatic nitrogens is 3. The molecule has 4 heterocycles. The molecule has 0 bridgehead atoms. The molecule has 5 rings (SSSR count). The van der Waals surface area contributed by atoms with E-state index in [1.807, 2.05) is 44.2 Å². The summed E-state index contributed by atoms with van der Waals surface area (Å²) >= 11 is 0. The maximum absolute atomic E-state index is 15.6. The van der Waals surface area contributed by atoms with Crippen molar-refractivity contribution in [1.29, 1.82) is 0 Å². The second kappa shape index (κ2) is 5.47. The van der Waals surface area contributed by atoms with Gasteiger partial charge in [0.05, 0.1) is 16.6 Å². The van der Waals surface area contributed by atoms with E-state index >= 15 is 8.63 Å². The molecule has 0 atom stereocenters. The minimum atomic E-state index is -3.96. The zero-order chi connectivity index (χ0) is 19.8. The largest absolute Gasteiger partial charge is 0.737 e. The Kier molecular flexibility index (Phi) is 3.33. The lowest BCUT2D eigenvalue weighted by Crippen LogP contribution is -2.51. The van der Waals surface area contributed by atoms with Crippen LogP contribution in [-0.4, -0.2) is 31.6 Å². The van der Waals surface area contributed by atoms with Crippen molar-refractivity contribution in [1.82, 2.24) is 14.4 Å². The molecule has 3 aromatic rings. The molecule has 0 fully saturated rings. The van der Waals surface area contributed by atoms with Gasteiger partial charge in [-0.2, -0.15) is 0 Å². The van der Waals surface area contributed by atoms with Gasteiger partial charge in [-0.25, -0.2) is 0 Å². The number of hydrogen-bond donors (Lipinski definition) is 0. The molecule has 0 radical (unpaired) electrons. The van der Waals surface area contributed by atoms with E-state index in [1.165, 1.54) is 8.96 Å². The van der Waals surface area contributed by atoms with E-state index in [0.29, 0.717) is 22.8 Å². The third-order valence-corrected chi connectivity index (χ3v) is 5.69. The molecule has 1 aromatic carbocycles. The topological polar surface area (TPSA) is 33.7 Å². The SMILES string of the molecule is CC1=CC(C)=[N+]2C1=C(c1ccc3nccnc3c1)c1c(C)cc(C)n1[B-]2(F)F. The maximum Gasteiger partial charge on any atom is 0.737 e. The van der Waals surface area contributed by atoms with Gasteiger partial charge in [0.25, 0.3) is 0 Å². The highest BCUT2D eigenvalue weighted by Crippen LogP contribution is 2.44. The predicted molar refractivity (Wildman–Crippen MR) is 108 cm³/mol. The number of hydrogen-bond acceptors (Lipinski definition) is 2. The van der Waals surface area contributed by atoms with Gasteiger partial charge in [-0.1, -0.05) is 6.07 Å². The molecule has 0 unspecified atom stereocenters. The molecule has 0 aliphatic carbocycles. The van der Waals surface area contributed by atoms with Crippen LogP contribution >= 0.6 is 0 Å². The zero-order valence-corrected chi connectivity index (χ0v) is 16.2. The Morgan fingerprint density at radius 1 is 0.964 bits per heavy atom. The van der Waals surface area contributed by atoms with Crippen LogP contribution in [0.2, 0.25) is 0 Å². The van der Waals surface area contributed by atoms with Crippen molar-refractivity contribution in [2.24, 2.45) is 0 Å². The van der Waals surface area contributed by atoms with Crippen molar-refractivity contribution in [3.63, 3.8) is 0 Å². The lowest BCUT2D eigenvalue weighted by molar-refractivity contribution is -0.363. The van der Waals surface area contributed by atoms with Gasteiger partial charge < -0.3 is 17.6 Å². The molecule has 0 saturated carbocycles. The van der Waals surface area contributed by atoms with Crippen LogP contribution in [0.5, 0.6) is 0 Å². The highest BCUT2D eigenvalue weighted by atomic mass is 19.2. The van der Waals surface area contributed by atoms with Gasteiger partial charge >= 0.3 is 6.97 Å². The minimum Gasteiger partial charge on any atom is -0.393 e. The van der Waals surface area contributed by atoms with E-state index < -0.39 is 6.97 Å². The molecule has 0 saturated heterocycles. The number of fused-ring (bicyclic) bond motifs is 3. The monoisotopic (exact) mass is 376 g/mol. The third kappa shape index (κ3) is 2.07. The van der Waals surface area contributed by atoms with Gasteiger partial charge in [-0.15, -0.1) is 0 Å². The first-order valence-corrected chi connectivity index (χ1v) is 9.29. The van der Waals surface area contributed by atoms with Gasteiger partial charge in [-0.3, -0.25) is 9.97 Å². The average molecular weight is 376 g/mol. The summed E-state index contributed by atoms with van der Waals surface area (Å²) in [5.74, 6) is 0. The van der Waals surface area contributed by atoms with Gasteiger partial charge in [0.15, 0.2) is 5.70 Å². The molecule has 4 nitrogen and oxygen atoms in total. The first-order chi connectivity index (χ1) is 13.3. The Morgan fingerprint density at radius 2 is 1.68 bits per heavy atom. The van der Waals surface area contributed by atoms with Crippen LogP contribution in [0.15, 0.2) is 54.0 Å². The fraction of sp³-hybridized carbons (Fsp3) is 0.190. The van der Waals surface area contributed by atoms with E-state index in [-0.39, 0.29) is 0 Å². The van der Waals surface area contributed by atoms with Crippen molar-refractivity contribution >= 4 is 29.3 Å². The minimum absolute atomic E-state index is 0.562. The molecular formula is C21H19BF2N4. The molecule has 140 valence electrons. The summed E-state index contributed by atoms with van der Waals surface area (Å²) < 4.78 is 33.7. The van der Waals surface area contributed by atoms with Crippen LogP contribution in [-0.2, 0) is 0 Å². The Labute approximate surface area is 161 Å². The average Bonchev–Trinajstić information content (AvgIpc) is 3.12. The summed E-state index contributed by atoms with van der Waals surface area (Å²) in [6, 6.07) is 7.61. The standard InChI is InChI=1S/C21H19BF2N4/c1-12-9-14(3)27-20(12)19(16-5-6-17-18(11-16)26-8-7-25-17)21-13(2)10-15(4)28(21)22(27,23)24/h5-11H,1-4H3. The number of rotatable bonds is 1. The van der Waals surface area contributed by atoms with E-state index in [0.717, 1.165) is 33.3 Å². The molecule has 28 heavy (non-hydrogen) atoms. The molecular weight excluding hydrogens is 357 g/mol. The van der Waals surface area contributed by atoms with Gasteiger partial charge in [0.1, 0.15) is 5.71 Å². The predicted octanol–water partition coefficient (Wildman–Crippen LogP) is 4.48. The van der Waals surface area contributed by atoms with Gasteiger partial charge in [0.2, 0.25) is 0 Å². The van der Waals surface area contributed by atoms with E-state index in [9.17, 15) is 0 Å². The molecule has 2 aliphatic heterocycles. The summed E-state index contributed by atoms with van der Waals surface area (Å²) in [4.78, 5) is 8.72. The first kappa shape index (κ1) is 17.0. The lowest BCUT2D eigenvalue weighted by Gasteiger charge is -2.34. The molecule has 0 amide bonds. The van der Waals surface area contributed by atoms with Crippen molar-refractivity contribution in [2.45, 2.75) is 27.7 Å². The van der Waals surface area contributed by atoms with E-state index in [4.69, 9.17) is 0 Å². The van der Waals surface area contributed by atoms with E-state index in [2.05, 4.69) is 9.97 Å². The highest BCUT2D eigenvalue weighted by Gasteiger charge is 2.55. The summed E-state index contributed by atoms with van der Waals surface area (Å²) in [6.45, 7) is 3.32. The van der Waals surface area contributed by atoms with Crippen molar-refractivity contribution in [3.8, 4) is 0 Å². The van der Waals surface area contributed by atoms with Crippen molar-refractivity contribution in [3.05, 3.63) is 76.5 Å². The second-order valence-electron chi connectivity index (χ2n) is 7.60. The van der Waals surface area contributed by atoms with Crippen LogP contribution < -0.4 is 0 Å². The fourth-order valence-electron chi connectivity index (χ4n) is 4.69. The molecule has 7 heteroatoms. The van der Waals surface area contributed by atoms with Gasteiger partial charge in [0, 0.05) is 36.7 Å². The molecule has 0 spiro atoms. The molecule has 2 aliphatic rings. The first-order valence-electron chi connectivity index (χ1n) is 9.29. The summed E-state index contributed by atoms with van der Waals surface area (Å²) in [5.41, 5.74) is 7.19. The highest BCUT2D eigenvalue weighted by molar-refractivity contribution is 6.58. The van der Waals surface area contributed by atoms with E-state index in [1.54, 1.807) is 26.2 Å². The van der Waals surface area contributed by atoms with Crippen molar-refractivity contribution in [2.75, 3.05) is 0 Å². The summed E-state index contributed by atoms with van der Waals surface area (Å²) in [7, 11) is 0. The number of nitrogens with zero attached hydrogens (tertiary/aromatic N) is 4. The van der Waals surface area contributed by atoms with Crippen LogP contribution in [0.1, 0.15) is 36.4 Å². The number of benzene rings is 1. The Morgan fingerprint density at radius 3 is 2.43 bits per heavy atom. The molecule has 2 aromatic heterocycles. The smallest absolute Gasteiger partial charge is 0.393 e. The Balaban J connectivity index is 1.93. The normalized spacial score (nSPS) is 17.9. The van der Waals surface area contributed by atoms with Crippen LogP contribution in [0.25, 0.3) is 16.6 Å². The number of allylic oxidation sites excluding steroid dienone is 2. The number of halogens is 2. The Hall–Kier alpha value is -3.09. The quantitative estimate of drug-likeness (QED) is 0.587.